The van der Waals surface area contributed by atoms with Crippen molar-refractivity contribution in [3.05, 3.63) is 58.0 Å². The van der Waals surface area contributed by atoms with Crippen LogP contribution in [0.5, 0.6) is 0 Å². The molecule has 0 aliphatic heterocycles. The second-order valence-electron chi connectivity index (χ2n) is 7.19. The molecule has 3 aromatic heterocycles. The van der Waals surface area contributed by atoms with Crippen LogP contribution in [0.1, 0.15) is 13.8 Å². The number of aromatic nitrogens is 3. The number of fused-ring (bicyclic) bond motifs is 3. The van der Waals surface area contributed by atoms with Crippen molar-refractivity contribution in [1.82, 2.24) is 14.5 Å². The summed E-state index contributed by atoms with van der Waals surface area (Å²) in [6, 6.07) is 10.7. The van der Waals surface area contributed by atoms with Gasteiger partial charge in [-0.3, -0.25) is 14.2 Å². The van der Waals surface area contributed by atoms with Gasteiger partial charge in [-0.05, 0) is 36.2 Å². The quantitative estimate of drug-likeness (QED) is 0.323. The van der Waals surface area contributed by atoms with E-state index in [4.69, 9.17) is 16.6 Å². The van der Waals surface area contributed by atoms with E-state index in [0.29, 0.717) is 32.6 Å². The molecule has 4 rings (SSSR count). The molecule has 0 aliphatic carbocycles. The van der Waals surface area contributed by atoms with Gasteiger partial charge in [0.25, 0.3) is 5.56 Å². The zero-order valence-corrected chi connectivity index (χ0v) is 18.8. The molecule has 1 amide bonds. The minimum absolute atomic E-state index is 0.0885. The predicted octanol–water partition coefficient (Wildman–Crippen LogP) is 5.05. The molecule has 9 heteroatoms. The van der Waals surface area contributed by atoms with Crippen LogP contribution in [0, 0.1) is 5.92 Å². The fraction of sp³-hybridized carbons (Fsp3) is 0.238. The molecule has 6 nitrogen and oxygen atoms in total. The van der Waals surface area contributed by atoms with Gasteiger partial charge in [-0.1, -0.05) is 43.3 Å². The molecule has 0 spiro atoms. The van der Waals surface area contributed by atoms with Crippen molar-refractivity contribution in [1.29, 1.82) is 0 Å². The first-order valence-electron chi connectivity index (χ1n) is 9.38. The average molecular weight is 459 g/mol. The Morgan fingerprint density at radius 1 is 1.30 bits per heavy atom. The Morgan fingerprint density at radius 3 is 2.90 bits per heavy atom. The summed E-state index contributed by atoms with van der Waals surface area (Å²) in [6.45, 7) is 4.62. The van der Waals surface area contributed by atoms with Crippen LogP contribution in [0.25, 0.3) is 20.4 Å². The van der Waals surface area contributed by atoms with Crippen LogP contribution in [0.4, 0.5) is 5.69 Å². The van der Waals surface area contributed by atoms with Gasteiger partial charge in [0.1, 0.15) is 9.53 Å². The highest BCUT2D eigenvalue weighted by molar-refractivity contribution is 7.99. The normalized spacial score (nSPS) is 11.5. The molecule has 0 fully saturated rings. The maximum atomic E-state index is 13.2. The topological polar surface area (TPSA) is 76.9 Å². The maximum Gasteiger partial charge on any atom is 0.272 e. The Balaban J connectivity index is 1.66. The largest absolute Gasteiger partial charge is 0.325 e. The van der Waals surface area contributed by atoms with Gasteiger partial charge in [0.15, 0.2) is 5.16 Å². The van der Waals surface area contributed by atoms with Gasteiger partial charge in [0.2, 0.25) is 5.91 Å². The lowest BCUT2D eigenvalue weighted by molar-refractivity contribution is -0.113. The average Bonchev–Trinajstić information content (AvgIpc) is 3.07. The van der Waals surface area contributed by atoms with Crippen molar-refractivity contribution in [2.45, 2.75) is 25.5 Å². The van der Waals surface area contributed by atoms with Crippen LogP contribution in [0.3, 0.4) is 0 Å². The predicted molar refractivity (Wildman–Crippen MR) is 125 cm³/mol. The highest BCUT2D eigenvalue weighted by Gasteiger charge is 2.18. The number of carbonyl (C=O) groups excluding carboxylic acids is 1. The molecule has 3 heterocycles. The van der Waals surface area contributed by atoms with Crippen LogP contribution in [0.15, 0.2) is 52.5 Å². The van der Waals surface area contributed by atoms with E-state index in [1.165, 1.54) is 23.1 Å². The van der Waals surface area contributed by atoms with Crippen molar-refractivity contribution >= 4 is 66.7 Å². The molecule has 1 aromatic carbocycles. The van der Waals surface area contributed by atoms with Gasteiger partial charge in [-0.15, -0.1) is 11.3 Å². The first-order valence-corrected chi connectivity index (χ1v) is 11.6. The van der Waals surface area contributed by atoms with E-state index >= 15 is 0 Å². The first-order chi connectivity index (χ1) is 14.4. The monoisotopic (exact) mass is 458 g/mol. The lowest BCUT2D eigenvalue weighted by atomic mass is 10.2. The van der Waals surface area contributed by atoms with Crippen LogP contribution < -0.4 is 10.9 Å². The lowest BCUT2D eigenvalue weighted by Crippen LogP contribution is -2.25. The van der Waals surface area contributed by atoms with Crippen molar-refractivity contribution < 1.29 is 4.79 Å². The van der Waals surface area contributed by atoms with Crippen LogP contribution in [-0.2, 0) is 11.3 Å². The standard InChI is InChI=1S/C21H19ClN4O2S2/c1-12(2)10-26-20(28)18-17(15-7-4-8-23-19(15)30-18)25-21(26)29-11-16(27)24-14-6-3-5-13(22)9-14/h3-9,12H,10-11H2,1-2H3,(H,24,27). The molecule has 30 heavy (non-hydrogen) atoms. The van der Waals surface area contributed by atoms with Crippen molar-refractivity contribution in [2.75, 3.05) is 11.1 Å². The fourth-order valence-corrected chi connectivity index (χ4v) is 5.09. The third-order valence-corrected chi connectivity index (χ3v) is 6.61. The lowest BCUT2D eigenvalue weighted by Gasteiger charge is -2.14. The zero-order chi connectivity index (χ0) is 21.3. The van der Waals surface area contributed by atoms with Gasteiger partial charge in [-0.25, -0.2) is 9.97 Å². The summed E-state index contributed by atoms with van der Waals surface area (Å²) in [5, 5.41) is 4.77. The van der Waals surface area contributed by atoms with Crippen molar-refractivity contribution in [2.24, 2.45) is 5.92 Å². The van der Waals surface area contributed by atoms with Gasteiger partial charge in [0.05, 0.1) is 11.3 Å². The molecule has 0 radical (unpaired) electrons. The van der Waals surface area contributed by atoms with Gasteiger partial charge in [-0.2, -0.15) is 0 Å². The summed E-state index contributed by atoms with van der Waals surface area (Å²) < 4.78 is 2.26. The van der Waals surface area contributed by atoms with Crippen LogP contribution in [0.2, 0.25) is 5.02 Å². The minimum atomic E-state index is -0.190. The number of pyridine rings is 1. The fourth-order valence-electron chi connectivity index (χ4n) is 3.07. The molecule has 0 saturated carbocycles. The molecule has 0 atom stereocenters. The minimum Gasteiger partial charge on any atom is -0.325 e. The molecule has 1 N–H and O–H groups in total. The molecule has 154 valence electrons. The molecule has 0 saturated heterocycles. The highest BCUT2D eigenvalue weighted by Crippen LogP contribution is 2.30. The molecule has 0 unspecified atom stereocenters. The maximum absolute atomic E-state index is 13.2. The number of hydrogen-bond donors (Lipinski definition) is 1. The second kappa shape index (κ2) is 8.75. The highest BCUT2D eigenvalue weighted by atomic mass is 35.5. The summed E-state index contributed by atoms with van der Waals surface area (Å²) in [5.74, 6) is 0.196. The number of nitrogens with zero attached hydrogens (tertiary/aromatic N) is 3. The van der Waals surface area contributed by atoms with Gasteiger partial charge < -0.3 is 5.32 Å². The summed E-state index contributed by atoms with van der Waals surface area (Å²) in [5.41, 5.74) is 1.19. The van der Waals surface area contributed by atoms with E-state index in [1.54, 1.807) is 35.0 Å². The van der Waals surface area contributed by atoms with E-state index in [-0.39, 0.29) is 23.1 Å². The van der Waals surface area contributed by atoms with Gasteiger partial charge in [0, 0.05) is 28.8 Å². The number of anilines is 1. The summed E-state index contributed by atoms with van der Waals surface area (Å²) in [4.78, 5) is 35.6. The molecule has 4 aromatic rings. The third-order valence-electron chi connectivity index (χ3n) is 4.31. The number of halogens is 1. The number of rotatable bonds is 6. The van der Waals surface area contributed by atoms with E-state index < -0.39 is 0 Å². The van der Waals surface area contributed by atoms with Crippen LogP contribution in [-0.4, -0.2) is 26.2 Å². The second-order valence-corrected chi connectivity index (χ2v) is 9.57. The smallest absolute Gasteiger partial charge is 0.272 e. The number of thioether (sulfide) groups is 1. The summed E-state index contributed by atoms with van der Waals surface area (Å²) in [6.07, 6.45) is 1.71. The number of thiophene rings is 1. The van der Waals surface area contributed by atoms with E-state index in [2.05, 4.69) is 10.3 Å². The Morgan fingerprint density at radius 2 is 2.13 bits per heavy atom. The Hall–Kier alpha value is -2.42. The van der Waals surface area contributed by atoms with E-state index in [9.17, 15) is 9.59 Å². The Kier molecular flexibility index (Phi) is 6.08. The Bertz CT molecular complexity index is 1300. The molecular formula is C21H19ClN4O2S2. The molecule has 0 aliphatic rings. The van der Waals surface area contributed by atoms with Crippen molar-refractivity contribution in [3.63, 3.8) is 0 Å². The summed E-state index contributed by atoms with van der Waals surface area (Å²) in [7, 11) is 0. The number of hydrogen-bond acceptors (Lipinski definition) is 6. The number of carbonyl (C=O) groups is 1. The number of amides is 1. The van der Waals surface area contributed by atoms with Gasteiger partial charge >= 0.3 is 0 Å². The number of benzene rings is 1. The molecule has 0 bridgehead atoms. The first kappa shape index (κ1) is 20.8. The van der Waals surface area contributed by atoms with Crippen molar-refractivity contribution in [3.8, 4) is 0 Å². The molecular weight excluding hydrogens is 440 g/mol. The zero-order valence-electron chi connectivity index (χ0n) is 16.4. The van der Waals surface area contributed by atoms with Crippen LogP contribution >= 0.6 is 34.7 Å². The van der Waals surface area contributed by atoms with E-state index in [1.807, 2.05) is 26.0 Å². The summed E-state index contributed by atoms with van der Waals surface area (Å²) >= 11 is 8.58. The number of nitrogens with one attached hydrogen (secondary N) is 1. The van der Waals surface area contributed by atoms with E-state index in [0.717, 1.165) is 10.2 Å². The third kappa shape index (κ3) is 4.35. The SMILES string of the molecule is CC(C)Cn1c(SCC(=O)Nc2cccc(Cl)c2)nc2c(sc3ncccc32)c1=O. The Labute approximate surface area is 186 Å².